The predicted octanol–water partition coefficient (Wildman–Crippen LogP) is 2.63. The summed E-state index contributed by atoms with van der Waals surface area (Å²) in [7, 11) is 0. The second-order valence-corrected chi connectivity index (χ2v) is 6.31. The molecule has 3 heterocycles. The Morgan fingerprint density at radius 3 is 2.96 bits per heavy atom. The number of nitrogens with two attached hydrogens (primary N) is 1. The lowest BCUT2D eigenvalue weighted by Gasteiger charge is -2.25. The molecule has 3 N–H and O–H groups in total. The fraction of sp³-hybridized carbons (Fsp3) is 0.211. The summed E-state index contributed by atoms with van der Waals surface area (Å²) in [5.41, 5.74) is 8.72. The number of anilines is 2. The van der Waals surface area contributed by atoms with E-state index >= 15 is 0 Å². The minimum atomic E-state index is -0.563. The maximum absolute atomic E-state index is 12.0. The fourth-order valence-electron chi connectivity index (χ4n) is 3.35. The summed E-state index contributed by atoms with van der Waals surface area (Å²) in [5, 5.41) is 7.45. The zero-order valence-corrected chi connectivity index (χ0v) is 14.2. The number of hydrogen-bond acceptors (Lipinski definition) is 5. The summed E-state index contributed by atoms with van der Waals surface area (Å²) >= 11 is 0. The molecule has 1 atom stereocenters. The van der Waals surface area contributed by atoms with Crippen molar-refractivity contribution in [2.24, 2.45) is 5.73 Å². The average Bonchev–Trinajstić information content (AvgIpc) is 3.10. The van der Waals surface area contributed by atoms with E-state index in [1.165, 1.54) is 6.20 Å². The average molecular weight is 350 g/mol. The number of aromatic nitrogens is 2. The number of primary amides is 1. The summed E-state index contributed by atoms with van der Waals surface area (Å²) < 4.78 is 7.32. The lowest BCUT2D eigenvalue weighted by Crippen LogP contribution is -2.19. The Morgan fingerprint density at radius 2 is 2.19 bits per heavy atom. The predicted molar refractivity (Wildman–Crippen MR) is 97.0 cm³/mol. The van der Waals surface area contributed by atoms with Crippen LogP contribution in [0.3, 0.4) is 0 Å². The van der Waals surface area contributed by atoms with Crippen LogP contribution < -0.4 is 15.8 Å². The number of nitrogens with one attached hydrogen (secondary N) is 1. The van der Waals surface area contributed by atoms with Crippen molar-refractivity contribution in [3.8, 4) is 5.75 Å². The zero-order chi connectivity index (χ0) is 18.3. The van der Waals surface area contributed by atoms with Crippen LogP contribution in [-0.2, 0) is 4.79 Å². The molecule has 2 aromatic heterocycles. The van der Waals surface area contributed by atoms with E-state index in [1.54, 1.807) is 17.6 Å². The number of carbonyl (C=O) groups is 2. The molecule has 1 aliphatic rings. The fourth-order valence-corrected chi connectivity index (χ4v) is 3.35. The van der Waals surface area contributed by atoms with Gasteiger partial charge in [-0.1, -0.05) is 0 Å². The third-order valence-corrected chi connectivity index (χ3v) is 4.64. The number of benzene rings is 1. The molecule has 3 aromatic rings. The highest BCUT2D eigenvalue weighted by Crippen LogP contribution is 2.37. The van der Waals surface area contributed by atoms with E-state index in [2.05, 4.69) is 10.4 Å². The highest BCUT2D eigenvalue weighted by atomic mass is 16.5. The van der Waals surface area contributed by atoms with Crippen molar-refractivity contribution in [3.63, 3.8) is 0 Å². The van der Waals surface area contributed by atoms with Gasteiger partial charge in [-0.05, 0) is 43.7 Å². The number of amides is 1. The molecule has 7 heteroatoms. The molecule has 1 aliphatic heterocycles. The van der Waals surface area contributed by atoms with Gasteiger partial charge in [0.2, 0.25) is 0 Å². The number of hydrogen-bond donors (Lipinski definition) is 2. The third kappa shape index (κ3) is 2.67. The first-order chi connectivity index (χ1) is 12.5. The largest absolute Gasteiger partial charge is 0.493 e. The zero-order valence-electron chi connectivity index (χ0n) is 14.2. The Hall–Kier alpha value is -3.35. The Balaban J connectivity index is 1.79. The number of ether oxygens (including phenoxy) is 1. The lowest BCUT2D eigenvalue weighted by atomic mass is 9.89. The summed E-state index contributed by atoms with van der Waals surface area (Å²) in [6, 6.07) is 9.27. The quantitative estimate of drug-likeness (QED) is 0.754. The van der Waals surface area contributed by atoms with Gasteiger partial charge in [0.1, 0.15) is 11.5 Å². The van der Waals surface area contributed by atoms with Gasteiger partial charge in [-0.25, -0.2) is 4.52 Å². The first kappa shape index (κ1) is 16.1. The first-order valence-corrected chi connectivity index (χ1v) is 8.35. The van der Waals surface area contributed by atoms with Crippen molar-refractivity contribution < 1.29 is 14.3 Å². The normalized spacial score (nSPS) is 16.0. The Labute approximate surface area is 149 Å². The Morgan fingerprint density at radius 1 is 1.35 bits per heavy atom. The van der Waals surface area contributed by atoms with Crippen LogP contribution in [0.5, 0.6) is 5.75 Å². The Bertz CT molecular complexity index is 1020. The molecule has 132 valence electrons. The summed E-state index contributed by atoms with van der Waals surface area (Å²) in [5.74, 6) is 0.0931. The van der Waals surface area contributed by atoms with Crippen molar-refractivity contribution >= 4 is 28.6 Å². The minimum Gasteiger partial charge on any atom is -0.493 e. The van der Waals surface area contributed by atoms with E-state index in [-0.39, 0.29) is 11.7 Å². The monoisotopic (exact) mass is 350 g/mol. The van der Waals surface area contributed by atoms with Crippen LogP contribution in [0, 0.1) is 0 Å². The molecule has 0 aliphatic carbocycles. The molecule has 0 saturated carbocycles. The van der Waals surface area contributed by atoms with Gasteiger partial charge in [-0.3, -0.25) is 9.59 Å². The van der Waals surface area contributed by atoms with Crippen LogP contribution in [0.25, 0.3) is 5.52 Å². The Kier molecular flexibility index (Phi) is 3.84. The van der Waals surface area contributed by atoms with Crippen LogP contribution in [0.1, 0.15) is 35.2 Å². The molecular formula is C19H18N4O3. The van der Waals surface area contributed by atoms with E-state index in [0.717, 1.165) is 22.5 Å². The molecule has 1 aromatic carbocycles. The van der Waals surface area contributed by atoms with Gasteiger partial charge >= 0.3 is 0 Å². The van der Waals surface area contributed by atoms with Gasteiger partial charge in [-0.15, -0.1) is 0 Å². The molecular weight excluding hydrogens is 332 g/mol. The first-order valence-electron chi connectivity index (χ1n) is 8.35. The maximum Gasteiger partial charge on any atom is 0.252 e. The van der Waals surface area contributed by atoms with Crippen molar-refractivity contribution in [1.29, 1.82) is 0 Å². The standard InChI is InChI=1S/C19H18N4O3/c1-11(24)13-6-8-26-17-5-4-12(9-14(13)17)22-18-15(19(20)25)10-21-23-7-2-3-16(18)23/h2-5,7,9-10,13,22H,6,8H2,1H3,(H2,20,25). The van der Waals surface area contributed by atoms with Gasteiger partial charge in [0.05, 0.1) is 29.6 Å². The lowest BCUT2D eigenvalue weighted by molar-refractivity contribution is -0.119. The summed E-state index contributed by atoms with van der Waals surface area (Å²) in [4.78, 5) is 23.8. The number of Topliss-reactive ketones (excluding diaryl/α,β-unsaturated/α-hetero) is 1. The summed E-state index contributed by atoms with van der Waals surface area (Å²) in [6.45, 7) is 2.13. The van der Waals surface area contributed by atoms with Gasteiger partial charge in [0.25, 0.3) is 5.91 Å². The van der Waals surface area contributed by atoms with E-state index in [0.29, 0.717) is 24.3 Å². The number of rotatable bonds is 4. The molecule has 7 nitrogen and oxygen atoms in total. The highest BCUT2D eigenvalue weighted by Gasteiger charge is 2.25. The van der Waals surface area contributed by atoms with Crippen LogP contribution in [0.2, 0.25) is 0 Å². The highest BCUT2D eigenvalue weighted by molar-refractivity contribution is 6.02. The second kappa shape index (κ2) is 6.18. The number of ketones is 1. The van der Waals surface area contributed by atoms with Crippen LogP contribution in [0.15, 0.2) is 42.7 Å². The molecule has 1 amide bonds. The maximum atomic E-state index is 12.0. The number of nitrogens with zero attached hydrogens (tertiary/aromatic N) is 2. The second-order valence-electron chi connectivity index (χ2n) is 6.31. The van der Waals surface area contributed by atoms with Crippen molar-refractivity contribution in [2.75, 3.05) is 11.9 Å². The van der Waals surface area contributed by atoms with Crippen molar-refractivity contribution in [3.05, 3.63) is 53.9 Å². The van der Waals surface area contributed by atoms with Crippen LogP contribution in [0.4, 0.5) is 11.4 Å². The van der Waals surface area contributed by atoms with E-state index < -0.39 is 5.91 Å². The molecule has 1 unspecified atom stereocenters. The summed E-state index contributed by atoms with van der Waals surface area (Å²) in [6.07, 6.45) is 3.89. The molecule has 0 saturated heterocycles. The van der Waals surface area contributed by atoms with Crippen LogP contribution >= 0.6 is 0 Å². The van der Waals surface area contributed by atoms with E-state index in [1.807, 2.05) is 30.3 Å². The van der Waals surface area contributed by atoms with Crippen LogP contribution in [-0.4, -0.2) is 27.9 Å². The van der Waals surface area contributed by atoms with Gasteiger partial charge in [-0.2, -0.15) is 5.10 Å². The molecule has 0 spiro atoms. The minimum absolute atomic E-state index is 0.113. The number of fused-ring (bicyclic) bond motifs is 2. The molecule has 26 heavy (non-hydrogen) atoms. The number of carbonyl (C=O) groups excluding carboxylic acids is 2. The molecule has 0 radical (unpaired) electrons. The van der Waals surface area contributed by atoms with Gasteiger partial charge in [0, 0.05) is 23.4 Å². The third-order valence-electron chi connectivity index (χ3n) is 4.64. The van der Waals surface area contributed by atoms with Crippen molar-refractivity contribution in [1.82, 2.24) is 9.61 Å². The topological polar surface area (TPSA) is 98.7 Å². The molecule has 0 bridgehead atoms. The smallest absolute Gasteiger partial charge is 0.252 e. The van der Waals surface area contributed by atoms with Crippen molar-refractivity contribution in [2.45, 2.75) is 19.3 Å². The molecule has 4 rings (SSSR count). The van der Waals surface area contributed by atoms with Gasteiger partial charge in [0.15, 0.2) is 0 Å². The van der Waals surface area contributed by atoms with E-state index in [9.17, 15) is 9.59 Å². The van der Waals surface area contributed by atoms with Gasteiger partial charge < -0.3 is 15.8 Å². The SMILES string of the molecule is CC(=O)C1CCOc2ccc(Nc3c(C(N)=O)cnn4cccc34)cc21. The van der Waals surface area contributed by atoms with E-state index in [4.69, 9.17) is 10.5 Å². The molecule has 0 fully saturated rings.